The van der Waals surface area contributed by atoms with Gasteiger partial charge in [0.2, 0.25) is 0 Å². The van der Waals surface area contributed by atoms with Crippen LogP contribution in [0.2, 0.25) is 5.02 Å². The van der Waals surface area contributed by atoms with Gasteiger partial charge in [0.05, 0.1) is 36.9 Å². The number of hydrogen-bond acceptors (Lipinski definition) is 3. The van der Waals surface area contributed by atoms with Crippen LogP contribution in [0.4, 0.5) is 5.69 Å². The Morgan fingerprint density at radius 3 is 2.55 bits per heavy atom. The minimum absolute atomic E-state index is 0.281. The standard InChI is InChI=1S/C24H21ClN2O2/c25-20-7-3-4-8-21(20)27-13-11-26(12-14-27)16-18-15-23(28)29-22-10-9-17-5-1-2-6-19(17)24(18)22/h1-10,15H,11-14,16H2/p+1. The summed E-state index contributed by atoms with van der Waals surface area (Å²) in [6.45, 7) is 4.69. The van der Waals surface area contributed by atoms with Gasteiger partial charge in [0.1, 0.15) is 12.1 Å². The van der Waals surface area contributed by atoms with Crippen LogP contribution in [0.25, 0.3) is 21.7 Å². The first-order valence-corrected chi connectivity index (χ1v) is 10.3. The topological polar surface area (TPSA) is 37.9 Å². The number of piperazine rings is 1. The van der Waals surface area contributed by atoms with E-state index in [4.69, 9.17) is 16.0 Å². The largest absolute Gasteiger partial charge is 0.423 e. The lowest BCUT2D eigenvalue weighted by Gasteiger charge is -2.34. The van der Waals surface area contributed by atoms with Gasteiger partial charge in [-0.05, 0) is 29.0 Å². The average Bonchev–Trinajstić information content (AvgIpc) is 2.74. The fourth-order valence-electron chi connectivity index (χ4n) is 4.38. The molecule has 0 bridgehead atoms. The van der Waals surface area contributed by atoms with Crippen LogP contribution in [-0.4, -0.2) is 26.2 Å². The smallest absolute Gasteiger partial charge is 0.336 e. The average molecular weight is 406 g/mol. The lowest BCUT2D eigenvalue weighted by Crippen LogP contribution is -3.13. The molecule has 5 heteroatoms. The second-order valence-electron chi connectivity index (χ2n) is 7.62. The zero-order chi connectivity index (χ0) is 19.8. The number of hydrogen-bond donors (Lipinski definition) is 1. The number of anilines is 1. The van der Waals surface area contributed by atoms with Crippen molar-refractivity contribution in [1.82, 2.24) is 0 Å². The molecule has 0 amide bonds. The van der Waals surface area contributed by atoms with E-state index in [0.717, 1.165) is 65.2 Å². The molecular formula is C24H22ClN2O2+. The Hall–Kier alpha value is -2.82. The maximum absolute atomic E-state index is 12.2. The quantitative estimate of drug-likeness (QED) is 0.418. The van der Waals surface area contributed by atoms with Crippen molar-refractivity contribution in [2.75, 3.05) is 31.1 Å². The number of quaternary nitrogens is 1. The molecule has 0 unspecified atom stereocenters. The first kappa shape index (κ1) is 18.2. The first-order valence-electron chi connectivity index (χ1n) is 9.96. The van der Waals surface area contributed by atoms with Crippen molar-refractivity contribution in [2.45, 2.75) is 6.54 Å². The Morgan fingerprint density at radius 1 is 0.966 bits per heavy atom. The fourth-order valence-corrected chi connectivity index (χ4v) is 4.63. The van der Waals surface area contributed by atoms with Gasteiger partial charge in [-0.3, -0.25) is 0 Å². The zero-order valence-electron chi connectivity index (χ0n) is 16.0. The molecule has 0 saturated carbocycles. The minimum Gasteiger partial charge on any atom is -0.423 e. The molecule has 146 valence electrons. The SMILES string of the molecule is O=c1cc(C[NH+]2CCN(c3ccccc3Cl)CC2)c2c(ccc3ccccc32)o1. The summed E-state index contributed by atoms with van der Waals surface area (Å²) in [5.41, 5.74) is 2.55. The third kappa shape index (κ3) is 3.50. The highest BCUT2D eigenvalue weighted by atomic mass is 35.5. The number of nitrogens with zero attached hydrogens (tertiary/aromatic N) is 1. The molecule has 2 heterocycles. The van der Waals surface area contributed by atoms with Gasteiger partial charge in [0.15, 0.2) is 0 Å². The maximum atomic E-state index is 12.2. The third-order valence-corrected chi connectivity index (χ3v) is 6.14. The van der Waals surface area contributed by atoms with Crippen LogP contribution in [0.15, 0.2) is 75.9 Å². The van der Waals surface area contributed by atoms with Crippen LogP contribution in [-0.2, 0) is 6.54 Å². The van der Waals surface area contributed by atoms with Crippen LogP contribution < -0.4 is 15.4 Å². The highest BCUT2D eigenvalue weighted by molar-refractivity contribution is 6.33. The van der Waals surface area contributed by atoms with Gasteiger partial charge in [-0.2, -0.15) is 0 Å². The first-order chi connectivity index (χ1) is 14.2. The monoisotopic (exact) mass is 405 g/mol. The van der Waals surface area contributed by atoms with Crippen molar-refractivity contribution >= 4 is 39.0 Å². The molecule has 5 rings (SSSR count). The van der Waals surface area contributed by atoms with E-state index >= 15 is 0 Å². The minimum atomic E-state index is -0.281. The predicted molar refractivity (Wildman–Crippen MR) is 118 cm³/mol. The number of nitrogens with one attached hydrogen (secondary N) is 1. The molecule has 4 nitrogen and oxygen atoms in total. The van der Waals surface area contributed by atoms with Gasteiger partial charge >= 0.3 is 5.63 Å². The summed E-state index contributed by atoms with van der Waals surface area (Å²) in [4.78, 5) is 16.0. The van der Waals surface area contributed by atoms with Crippen molar-refractivity contribution in [1.29, 1.82) is 0 Å². The molecule has 0 radical (unpaired) electrons. The second kappa shape index (κ2) is 7.54. The molecule has 1 aromatic heterocycles. The third-order valence-electron chi connectivity index (χ3n) is 5.82. The molecule has 0 spiro atoms. The van der Waals surface area contributed by atoms with E-state index in [9.17, 15) is 4.79 Å². The predicted octanol–water partition coefficient (Wildman–Crippen LogP) is 3.50. The number of fused-ring (bicyclic) bond motifs is 3. The lowest BCUT2D eigenvalue weighted by molar-refractivity contribution is -0.914. The molecule has 1 saturated heterocycles. The number of rotatable bonds is 3. The van der Waals surface area contributed by atoms with Crippen LogP contribution in [0.3, 0.4) is 0 Å². The van der Waals surface area contributed by atoms with Crippen molar-refractivity contribution in [2.24, 2.45) is 0 Å². The summed E-state index contributed by atoms with van der Waals surface area (Å²) >= 11 is 6.37. The van der Waals surface area contributed by atoms with E-state index in [1.165, 1.54) is 4.90 Å². The van der Waals surface area contributed by atoms with E-state index in [-0.39, 0.29) is 5.63 Å². The van der Waals surface area contributed by atoms with Gasteiger partial charge in [-0.25, -0.2) is 4.79 Å². The number of benzene rings is 3. The molecule has 1 fully saturated rings. The van der Waals surface area contributed by atoms with Crippen LogP contribution in [0.5, 0.6) is 0 Å². The Morgan fingerprint density at radius 2 is 1.72 bits per heavy atom. The van der Waals surface area contributed by atoms with Crippen molar-refractivity contribution in [3.05, 3.63) is 87.7 Å². The van der Waals surface area contributed by atoms with Gasteiger partial charge in [-0.1, -0.05) is 54.1 Å². The van der Waals surface area contributed by atoms with Crippen molar-refractivity contribution in [3.63, 3.8) is 0 Å². The summed E-state index contributed by atoms with van der Waals surface area (Å²) in [5, 5.41) is 4.16. The molecule has 1 aliphatic rings. The Kier molecular flexibility index (Phi) is 4.74. The molecule has 1 N–H and O–H groups in total. The normalized spacial score (nSPS) is 15.3. The maximum Gasteiger partial charge on any atom is 0.336 e. The van der Waals surface area contributed by atoms with Gasteiger partial charge < -0.3 is 14.2 Å². The molecule has 4 aromatic rings. The molecule has 0 atom stereocenters. The summed E-state index contributed by atoms with van der Waals surface area (Å²) in [6, 6.07) is 21.9. The summed E-state index contributed by atoms with van der Waals surface area (Å²) < 4.78 is 5.50. The summed E-state index contributed by atoms with van der Waals surface area (Å²) in [5.74, 6) is 0. The van der Waals surface area contributed by atoms with Gasteiger partial charge in [0, 0.05) is 17.0 Å². The van der Waals surface area contributed by atoms with E-state index in [2.05, 4.69) is 23.1 Å². The highest BCUT2D eigenvalue weighted by Crippen LogP contribution is 2.27. The van der Waals surface area contributed by atoms with E-state index in [1.54, 1.807) is 6.07 Å². The number of para-hydroxylation sites is 1. The fraction of sp³-hybridized carbons (Fsp3) is 0.208. The zero-order valence-corrected chi connectivity index (χ0v) is 16.8. The van der Waals surface area contributed by atoms with Crippen LogP contribution >= 0.6 is 11.6 Å². The summed E-state index contributed by atoms with van der Waals surface area (Å²) in [7, 11) is 0. The van der Waals surface area contributed by atoms with Crippen LogP contribution in [0.1, 0.15) is 5.56 Å². The number of halogens is 1. The Bertz CT molecular complexity index is 1240. The Labute approximate surface area is 173 Å². The van der Waals surface area contributed by atoms with Crippen molar-refractivity contribution < 1.29 is 9.32 Å². The summed E-state index contributed by atoms with van der Waals surface area (Å²) in [6.07, 6.45) is 0. The second-order valence-corrected chi connectivity index (χ2v) is 8.02. The van der Waals surface area contributed by atoms with Crippen molar-refractivity contribution in [3.8, 4) is 0 Å². The molecule has 1 aliphatic heterocycles. The Balaban J connectivity index is 1.43. The van der Waals surface area contributed by atoms with E-state index < -0.39 is 0 Å². The molecule has 3 aromatic carbocycles. The van der Waals surface area contributed by atoms with Gasteiger partial charge in [0.25, 0.3) is 0 Å². The van der Waals surface area contributed by atoms with E-state index in [1.807, 2.05) is 42.5 Å². The highest BCUT2D eigenvalue weighted by Gasteiger charge is 2.23. The molecule has 29 heavy (non-hydrogen) atoms. The van der Waals surface area contributed by atoms with E-state index in [0.29, 0.717) is 5.58 Å². The molecular weight excluding hydrogens is 384 g/mol. The van der Waals surface area contributed by atoms with Gasteiger partial charge in [-0.15, -0.1) is 0 Å². The van der Waals surface area contributed by atoms with Crippen LogP contribution in [0, 0.1) is 0 Å². The molecule has 0 aliphatic carbocycles. The lowest BCUT2D eigenvalue weighted by atomic mass is 10.0.